The van der Waals surface area contributed by atoms with Crippen LogP contribution < -0.4 is 0 Å². The number of carbonyl (C=O) groups excluding carboxylic acids is 2. The van der Waals surface area contributed by atoms with Crippen molar-refractivity contribution in [1.29, 1.82) is 0 Å². The van der Waals surface area contributed by atoms with Gasteiger partial charge in [-0.25, -0.2) is 4.79 Å². The van der Waals surface area contributed by atoms with Crippen LogP contribution in [0.2, 0.25) is 0 Å². The maximum absolute atomic E-state index is 13.1. The van der Waals surface area contributed by atoms with Crippen molar-refractivity contribution in [3.63, 3.8) is 0 Å². The lowest BCUT2D eigenvalue weighted by atomic mass is 9.99. The smallest absolute Gasteiger partial charge is 0.411 e. The average molecular weight is 448 g/mol. The number of halogens is 1. The zero-order valence-electron chi connectivity index (χ0n) is 16.0. The molecule has 28 heavy (non-hydrogen) atoms. The van der Waals surface area contributed by atoms with Crippen LogP contribution in [0.4, 0.5) is 4.79 Å². The molecule has 1 aromatic carbocycles. The van der Waals surface area contributed by atoms with E-state index >= 15 is 0 Å². The Morgan fingerprint density at radius 1 is 1.29 bits per heavy atom. The number of ketones is 1. The molecular weight excluding hydrogens is 426 g/mol. The summed E-state index contributed by atoms with van der Waals surface area (Å²) in [6.45, 7) is 5.51. The highest BCUT2D eigenvalue weighted by Crippen LogP contribution is 2.48. The van der Waals surface area contributed by atoms with Crippen molar-refractivity contribution in [3.05, 3.63) is 28.2 Å². The summed E-state index contributed by atoms with van der Waals surface area (Å²) < 4.78 is 6.37. The number of piperidine rings is 1. The molecule has 0 radical (unpaired) electrons. The Kier molecular flexibility index (Phi) is 4.73. The highest BCUT2D eigenvalue weighted by molar-refractivity contribution is 9.10. The number of tetrazole rings is 1. The maximum Gasteiger partial charge on any atom is 0.411 e. The van der Waals surface area contributed by atoms with Gasteiger partial charge in [-0.2, -0.15) is 5.21 Å². The Hall–Kier alpha value is -2.29. The molecule has 1 N–H and O–H groups in total. The average Bonchev–Trinajstić information content (AvgIpc) is 3.02. The molecule has 2 fully saturated rings. The van der Waals surface area contributed by atoms with Crippen molar-refractivity contribution in [2.24, 2.45) is 5.92 Å². The van der Waals surface area contributed by atoms with E-state index in [4.69, 9.17) is 4.74 Å². The van der Waals surface area contributed by atoms with Crippen LogP contribution in [0.5, 0.6) is 0 Å². The number of Topliss-reactive ketones (excluding diaryl/α,β-unsaturated/α-hetero) is 1. The highest BCUT2D eigenvalue weighted by atomic mass is 79.9. The molecule has 1 saturated heterocycles. The fourth-order valence-electron chi connectivity index (χ4n) is 3.81. The number of rotatable bonds is 4. The van der Waals surface area contributed by atoms with E-state index in [0.717, 1.165) is 22.0 Å². The summed E-state index contributed by atoms with van der Waals surface area (Å²) >= 11 is 3.47. The molecule has 2 aliphatic rings. The van der Waals surface area contributed by atoms with Crippen molar-refractivity contribution >= 4 is 27.8 Å². The third-order valence-corrected chi connectivity index (χ3v) is 5.48. The van der Waals surface area contributed by atoms with Gasteiger partial charge in [-0.1, -0.05) is 15.9 Å². The summed E-state index contributed by atoms with van der Waals surface area (Å²) in [5.41, 5.74) is 1.02. The van der Waals surface area contributed by atoms with Gasteiger partial charge in [0.05, 0.1) is 6.04 Å². The van der Waals surface area contributed by atoms with Crippen LogP contribution in [0, 0.1) is 5.92 Å². The van der Waals surface area contributed by atoms with Crippen LogP contribution in [0.3, 0.4) is 0 Å². The molecule has 3 atom stereocenters. The SMILES string of the molecule is CC(C)(C)OC(=O)N1[C@@H]2C[C@@H]2C[C@H]1C(=O)Cc1cc(Br)cc(-c2nn[nH]n2)c1. The number of nitrogens with one attached hydrogen (secondary N) is 1. The van der Waals surface area contributed by atoms with Crippen LogP contribution in [0.1, 0.15) is 39.2 Å². The van der Waals surface area contributed by atoms with E-state index in [2.05, 4.69) is 36.6 Å². The highest BCUT2D eigenvalue weighted by Gasteiger charge is 2.56. The number of aromatic nitrogens is 4. The molecule has 0 spiro atoms. The van der Waals surface area contributed by atoms with Gasteiger partial charge in [0.15, 0.2) is 5.78 Å². The normalized spacial score (nSPS) is 23.4. The molecule has 1 aliphatic heterocycles. The Morgan fingerprint density at radius 2 is 2.07 bits per heavy atom. The predicted molar refractivity (Wildman–Crippen MR) is 104 cm³/mol. The maximum atomic E-state index is 13.1. The molecule has 2 heterocycles. The molecule has 9 heteroatoms. The second kappa shape index (κ2) is 6.95. The number of hydrogen-bond acceptors (Lipinski definition) is 6. The standard InChI is InChI=1S/C19H22BrN5O3/c1-19(2,3)28-18(27)25-14-8-11(14)9-15(25)16(26)6-10-4-12(7-13(20)5-10)17-21-23-24-22-17/h4-5,7,11,14-15H,6,8-9H2,1-3H3,(H,21,22,23,24)/t11-,14-,15+/m1/s1. The topological polar surface area (TPSA) is 101 Å². The van der Waals surface area contributed by atoms with Gasteiger partial charge in [0.25, 0.3) is 0 Å². The molecule has 0 bridgehead atoms. The van der Waals surface area contributed by atoms with Gasteiger partial charge in [0.1, 0.15) is 5.60 Å². The largest absolute Gasteiger partial charge is 0.444 e. The van der Waals surface area contributed by atoms with Gasteiger partial charge in [0, 0.05) is 22.5 Å². The third-order valence-electron chi connectivity index (χ3n) is 5.02. The van der Waals surface area contributed by atoms with Crippen LogP contribution >= 0.6 is 15.9 Å². The molecule has 148 valence electrons. The van der Waals surface area contributed by atoms with E-state index in [-0.39, 0.29) is 18.2 Å². The summed E-state index contributed by atoms with van der Waals surface area (Å²) in [5.74, 6) is 0.904. The fraction of sp³-hybridized carbons (Fsp3) is 0.526. The molecule has 1 aromatic heterocycles. The number of benzene rings is 1. The number of nitrogens with zero attached hydrogens (tertiary/aromatic N) is 4. The summed E-state index contributed by atoms with van der Waals surface area (Å²) in [4.78, 5) is 27.4. The molecular formula is C19H22BrN5O3. The molecule has 8 nitrogen and oxygen atoms in total. The van der Waals surface area contributed by atoms with Crippen molar-refractivity contribution in [2.45, 2.75) is 57.7 Å². The Bertz CT molecular complexity index is 909. The van der Waals surface area contributed by atoms with Gasteiger partial charge in [-0.3, -0.25) is 9.69 Å². The van der Waals surface area contributed by atoms with Gasteiger partial charge >= 0.3 is 6.09 Å². The van der Waals surface area contributed by atoms with Gasteiger partial charge in [-0.05, 0) is 68.5 Å². The minimum atomic E-state index is -0.582. The second-order valence-electron chi connectivity index (χ2n) is 8.43. The van der Waals surface area contributed by atoms with E-state index in [1.54, 1.807) is 4.90 Å². The number of hydrogen-bond donors (Lipinski definition) is 1. The van der Waals surface area contributed by atoms with Crippen molar-refractivity contribution in [2.75, 3.05) is 0 Å². The number of likely N-dealkylation sites (tertiary alicyclic amines) is 1. The number of amides is 1. The number of fused-ring (bicyclic) bond motifs is 1. The lowest BCUT2D eigenvalue weighted by Gasteiger charge is -2.30. The first-order valence-corrected chi connectivity index (χ1v) is 10.1. The van der Waals surface area contributed by atoms with Crippen LogP contribution in [0.15, 0.2) is 22.7 Å². The van der Waals surface area contributed by atoms with Crippen molar-refractivity contribution in [3.8, 4) is 11.4 Å². The molecule has 2 aromatic rings. The zero-order valence-corrected chi connectivity index (χ0v) is 17.6. The summed E-state index contributed by atoms with van der Waals surface area (Å²) in [5, 5.41) is 14.0. The molecule has 0 unspecified atom stereocenters. The van der Waals surface area contributed by atoms with E-state index in [0.29, 0.717) is 18.2 Å². The molecule has 1 amide bonds. The van der Waals surface area contributed by atoms with Gasteiger partial charge in [0.2, 0.25) is 5.82 Å². The van der Waals surface area contributed by atoms with Crippen LogP contribution in [0.25, 0.3) is 11.4 Å². The summed E-state index contributed by atoms with van der Waals surface area (Å²) in [6.07, 6.45) is 1.52. The van der Waals surface area contributed by atoms with E-state index in [1.807, 2.05) is 39.0 Å². The minimum Gasteiger partial charge on any atom is -0.444 e. The predicted octanol–water partition coefficient (Wildman–Crippen LogP) is 3.14. The first kappa shape index (κ1) is 19.0. The fourth-order valence-corrected chi connectivity index (χ4v) is 4.35. The van der Waals surface area contributed by atoms with E-state index < -0.39 is 17.7 Å². The van der Waals surface area contributed by atoms with Crippen LogP contribution in [-0.4, -0.2) is 55.1 Å². The summed E-state index contributed by atoms with van der Waals surface area (Å²) in [7, 11) is 0. The molecule has 4 rings (SSSR count). The summed E-state index contributed by atoms with van der Waals surface area (Å²) in [6, 6.07) is 5.36. The number of aromatic amines is 1. The number of carbonyl (C=O) groups is 2. The lowest BCUT2D eigenvalue weighted by Crippen LogP contribution is -2.46. The lowest BCUT2D eigenvalue weighted by molar-refractivity contribution is -0.123. The number of ether oxygens (including phenoxy) is 1. The Balaban J connectivity index is 1.51. The first-order valence-electron chi connectivity index (χ1n) is 9.28. The second-order valence-corrected chi connectivity index (χ2v) is 9.34. The van der Waals surface area contributed by atoms with Crippen molar-refractivity contribution in [1.82, 2.24) is 25.5 Å². The molecule has 1 saturated carbocycles. The monoisotopic (exact) mass is 447 g/mol. The number of H-pyrrole nitrogens is 1. The van der Waals surface area contributed by atoms with Gasteiger partial charge < -0.3 is 4.74 Å². The Morgan fingerprint density at radius 3 is 2.75 bits per heavy atom. The molecule has 1 aliphatic carbocycles. The van der Waals surface area contributed by atoms with E-state index in [9.17, 15) is 9.59 Å². The van der Waals surface area contributed by atoms with Crippen LogP contribution in [-0.2, 0) is 16.0 Å². The quantitative estimate of drug-likeness (QED) is 0.772. The van der Waals surface area contributed by atoms with Crippen molar-refractivity contribution < 1.29 is 14.3 Å². The third kappa shape index (κ3) is 3.94. The van der Waals surface area contributed by atoms with Gasteiger partial charge in [-0.15, -0.1) is 10.2 Å². The Labute approximate surface area is 171 Å². The first-order chi connectivity index (χ1) is 13.2. The van der Waals surface area contributed by atoms with E-state index in [1.165, 1.54) is 0 Å². The zero-order chi connectivity index (χ0) is 20.1. The minimum absolute atomic E-state index is 0.0234.